The fraction of sp³-hybridized carbons (Fsp3) is 0.471. The van der Waals surface area contributed by atoms with Gasteiger partial charge in [-0.3, -0.25) is 9.69 Å². The second kappa shape index (κ2) is 6.91. The number of H-pyrrole nitrogens is 1. The second-order valence-corrected chi connectivity index (χ2v) is 6.01. The molecule has 1 N–H and O–H groups in total. The van der Waals surface area contributed by atoms with Crippen LogP contribution in [0.3, 0.4) is 0 Å². The average Bonchev–Trinajstić information content (AvgIpc) is 2.80. The molecule has 6 nitrogen and oxygen atoms in total. The molecule has 1 saturated heterocycles. The number of hydrogen-bond donors (Lipinski definition) is 1. The van der Waals surface area contributed by atoms with E-state index >= 15 is 0 Å². The van der Waals surface area contributed by atoms with Crippen molar-refractivity contribution in [3.63, 3.8) is 0 Å². The van der Waals surface area contributed by atoms with Crippen LogP contribution in [0.1, 0.15) is 30.9 Å². The van der Waals surface area contributed by atoms with E-state index in [4.69, 9.17) is 0 Å². The standard InChI is InChI=1S/C17H23N5O/c1-13-12-16(23)20-17(19-13)14(2)21-8-5-9-22(11-10-21)15-6-3-4-7-18-15/h3-4,6-7,12,14H,5,8-11H2,1-2H3,(H,19,20,23). The van der Waals surface area contributed by atoms with Crippen LogP contribution in [0.5, 0.6) is 0 Å². The average molecular weight is 313 g/mol. The normalized spacial score (nSPS) is 17.7. The van der Waals surface area contributed by atoms with E-state index in [2.05, 4.69) is 37.7 Å². The van der Waals surface area contributed by atoms with Crippen LogP contribution in [0.2, 0.25) is 0 Å². The van der Waals surface area contributed by atoms with Crippen LogP contribution in [-0.2, 0) is 0 Å². The predicted octanol–water partition coefficient (Wildman–Crippen LogP) is 1.75. The molecule has 1 aliphatic rings. The molecule has 3 heterocycles. The molecule has 0 bridgehead atoms. The molecular weight excluding hydrogens is 290 g/mol. The zero-order valence-electron chi connectivity index (χ0n) is 13.7. The van der Waals surface area contributed by atoms with Crippen LogP contribution in [0, 0.1) is 6.92 Å². The zero-order valence-corrected chi connectivity index (χ0v) is 13.7. The van der Waals surface area contributed by atoms with Crippen molar-refractivity contribution in [3.8, 4) is 0 Å². The highest BCUT2D eigenvalue weighted by atomic mass is 16.1. The molecule has 6 heteroatoms. The Labute approximate surface area is 136 Å². The van der Waals surface area contributed by atoms with Crippen molar-refractivity contribution >= 4 is 5.82 Å². The highest BCUT2D eigenvalue weighted by Crippen LogP contribution is 2.20. The van der Waals surface area contributed by atoms with E-state index < -0.39 is 0 Å². The summed E-state index contributed by atoms with van der Waals surface area (Å²) in [6.45, 7) is 7.80. The van der Waals surface area contributed by atoms with Gasteiger partial charge in [0.25, 0.3) is 5.56 Å². The molecule has 1 aliphatic heterocycles. The lowest BCUT2D eigenvalue weighted by atomic mass is 10.2. The first kappa shape index (κ1) is 15.7. The molecule has 0 amide bonds. The van der Waals surface area contributed by atoms with Crippen molar-refractivity contribution < 1.29 is 0 Å². The first-order valence-electron chi connectivity index (χ1n) is 8.11. The molecule has 122 valence electrons. The molecule has 1 atom stereocenters. The third-order valence-electron chi connectivity index (χ3n) is 4.34. The third kappa shape index (κ3) is 3.76. The maximum Gasteiger partial charge on any atom is 0.251 e. The van der Waals surface area contributed by atoms with Gasteiger partial charge in [-0.15, -0.1) is 0 Å². The SMILES string of the molecule is Cc1cc(=O)[nH]c(C(C)N2CCCN(c3ccccn3)CC2)n1. The van der Waals surface area contributed by atoms with Crippen LogP contribution < -0.4 is 10.5 Å². The molecule has 0 radical (unpaired) electrons. The summed E-state index contributed by atoms with van der Waals surface area (Å²) in [4.78, 5) is 28.2. The summed E-state index contributed by atoms with van der Waals surface area (Å²) < 4.78 is 0. The molecule has 23 heavy (non-hydrogen) atoms. The quantitative estimate of drug-likeness (QED) is 0.935. The Hall–Kier alpha value is -2.21. The Balaban J connectivity index is 1.71. The molecule has 1 fully saturated rings. The van der Waals surface area contributed by atoms with Gasteiger partial charge in [0.05, 0.1) is 6.04 Å². The fourth-order valence-corrected chi connectivity index (χ4v) is 3.07. The van der Waals surface area contributed by atoms with Gasteiger partial charge in [0, 0.05) is 44.1 Å². The van der Waals surface area contributed by atoms with Crippen LogP contribution in [-0.4, -0.2) is 46.0 Å². The smallest absolute Gasteiger partial charge is 0.251 e. The highest BCUT2D eigenvalue weighted by molar-refractivity contribution is 5.37. The molecule has 1 unspecified atom stereocenters. The number of aromatic amines is 1. The van der Waals surface area contributed by atoms with Gasteiger partial charge in [-0.05, 0) is 32.4 Å². The highest BCUT2D eigenvalue weighted by Gasteiger charge is 2.22. The summed E-state index contributed by atoms with van der Waals surface area (Å²) in [6, 6.07) is 7.65. The van der Waals surface area contributed by atoms with Crippen molar-refractivity contribution in [2.75, 3.05) is 31.1 Å². The lowest BCUT2D eigenvalue weighted by molar-refractivity contribution is 0.217. The Morgan fingerprint density at radius 2 is 2.09 bits per heavy atom. The number of nitrogens with zero attached hydrogens (tertiary/aromatic N) is 4. The van der Waals surface area contributed by atoms with E-state index in [1.165, 1.54) is 6.07 Å². The van der Waals surface area contributed by atoms with E-state index in [9.17, 15) is 4.79 Å². The summed E-state index contributed by atoms with van der Waals surface area (Å²) in [5.41, 5.74) is 0.685. The van der Waals surface area contributed by atoms with E-state index in [1.807, 2.05) is 25.3 Å². The first-order valence-corrected chi connectivity index (χ1v) is 8.11. The maximum absolute atomic E-state index is 11.7. The summed E-state index contributed by atoms with van der Waals surface area (Å²) in [6.07, 6.45) is 2.90. The minimum absolute atomic E-state index is 0.0794. The number of anilines is 1. The van der Waals surface area contributed by atoms with Gasteiger partial charge in [0.1, 0.15) is 11.6 Å². The predicted molar refractivity (Wildman–Crippen MR) is 90.6 cm³/mol. The maximum atomic E-state index is 11.7. The van der Waals surface area contributed by atoms with E-state index in [0.29, 0.717) is 0 Å². The molecule has 0 aromatic carbocycles. The topological polar surface area (TPSA) is 65.1 Å². The zero-order chi connectivity index (χ0) is 16.2. The van der Waals surface area contributed by atoms with E-state index in [1.54, 1.807) is 0 Å². The first-order chi connectivity index (χ1) is 11.1. The van der Waals surface area contributed by atoms with Gasteiger partial charge in [0.2, 0.25) is 0 Å². The largest absolute Gasteiger partial charge is 0.355 e. The van der Waals surface area contributed by atoms with E-state index in [0.717, 1.165) is 49.9 Å². The van der Waals surface area contributed by atoms with Gasteiger partial charge in [-0.1, -0.05) is 6.07 Å². The van der Waals surface area contributed by atoms with Gasteiger partial charge < -0.3 is 9.88 Å². The fourth-order valence-electron chi connectivity index (χ4n) is 3.07. The van der Waals surface area contributed by atoms with Crippen LogP contribution in [0.4, 0.5) is 5.82 Å². The van der Waals surface area contributed by atoms with Gasteiger partial charge in [-0.2, -0.15) is 0 Å². The summed E-state index contributed by atoms with van der Waals surface area (Å²) in [5.74, 6) is 1.78. The number of aromatic nitrogens is 3. The molecule has 0 saturated carbocycles. The lowest BCUT2D eigenvalue weighted by Gasteiger charge is -2.27. The van der Waals surface area contributed by atoms with Crippen molar-refractivity contribution in [1.29, 1.82) is 0 Å². The third-order valence-corrected chi connectivity index (χ3v) is 4.34. The number of pyridine rings is 1. The molecular formula is C17H23N5O. The Kier molecular flexibility index (Phi) is 4.71. The van der Waals surface area contributed by atoms with Crippen molar-refractivity contribution in [2.24, 2.45) is 0 Å². The summed E-state index contributed by atoms with van der Waals surface area (Å²) in [5, 5.41) is 0. The van der Waals surface area contributed by atoms with Crippen molar-refractivity contribution in [1.82, 2.24) is 19.9 Å². The van der Waals surface area contributed by atoms with Crippen LogP contribution in [0.25, 0.3) is 0 Å². The number of rotatable bonds is 3. The molecule has 2 aromatic rings. The van der Waals surface area contributed by atoms with Gasteiger partial charge in [-0.25, -0.2) is 9.97 Å². The molecule has 0 spiro atoms. The number of aryl methyl sites for hydroxylation is 1. The molecule has 2 aromatic heterocycles. The Morgan fingerprint density at radius 3 is 2.83 bits per heavy atom. The summed E-state index contributed by atoms with van der Waals surface area (Å²) >= 11 is 0. The van der Waals surface area contributed by atoms with E-state index in [-0.39, 0.29) is 11.6 Å². The monoisotopic (exact) mass is 313 g/mol. The lowest BCUT2D eigenvalue weighted by Crippen LogP contribution is -2.34. The van der Waals surface area contributed by atoms with Gasteiger partial charge in [0.15, 0.2) is 0 Å². The van der Waals surface area contributed by atoms with Crippen LogP contribution >= 0.6 is 0 Å². The second-order valence-electron chi connectivity index (χ2n) is 6.01. The minimum Gasteiger partial charge on any atom is -0.355 e. The Bertz CT molecular complexity index is 700. The summed E-state index contributed by atoms with van der Waals surface area (Å²) in [7, 11) is 0. The Morgan fingerprint density at radius 1 is 1.22 bits per heavy atom. The van der Waals surface area contributed by atoms with Gasteiger partial charge >= 0.3 is 0 Å². The van der Waals surface area contributed by atoms with Crippen molar-refractivity contribution in [2.45, 2.75) is 26.3 Å². The number of nitrogens with one attached hydrogen (secondary N) is 1. The number of hydrogen-bond acceptors (Lipinski definition) is 5. The van der Waals surface area contributed by atoms with Crippen molar-refractivity contribution in [3.05, 3.63) is 52.3 Å². The minimum atomic E-state index is -0.0794. The van der Waals surface area contributed by atoms with Crippen LogP contribution in [0.15, 0.2) is 35.3 Å². The molecule has 0 aliphatic carbocycles. The molecule has 3 rings (SSSR count).